The van der Waals surface area contributed by atoms with E-state index in [0.717, 1.165) is 35.4 Å². The van der Waals surface area contributed by atoms with E-state index in [1.54, 1.807) is 0 Å². The van der Waals surface area contributed by atoms with Crippen LogP contribution >= 0.6 is 12.2 Å². The minimum atomic E-state index is -0.510. The van der Waals surface area contributed by atoms with Crippen LogP contribution in [0.1, 0.15) is 31.3 Å². The monoisotopic (exact) mass is 464 g/mol. The van der Waals surface area contributed by atoms with Gasteiger partial charge in [-0.25, -0.2) is 0 Å². The largest absolute Gasteiger partial charge is 0.451 e. The molecule has 0 bridgehead atoms. The lowest BCUT2D eigenvalue weighted by Gasteiger charge is -2.35. The third-order valence-electron chi connectivity index (χ3n) is 5.60. The molecule has 3 aromatic rings. The molecule has 7 nitrogen and oxygen atoms in total. The van der Waals surface area contributed by atoms with E-state index in [9.17, 15) is 9.59 Å². The van der Waals surface area contributed by atoms with Gasteiger partial charge in [-0.3, -0.25) is 9.59 Å². The lowest BCUT2D eigenvalue weighted by atomic mass is 9.96. The summed E-state index contributed by atoms with van der Waals surface area (Å²) < 4.78 is 5.73. The van der Waals surface area contributed by atoms with E-state index >= 15 is 0 Å². The third-order valence-corrected chi connectivity index (χ3v) is 5.81. The zero-order valence-electron chi connectivity index (χ0n) is 19.1. The molecular formula is C25H28N4O3S. The topological polar surface area (TPSA) is 77.8 Å². The van der Waals surface area contributed by atoms with Crippen molar-refractivity contribution in [2.75, 3.05) is 36.4 Å². The van der Waals surface area contributed by atoms with E-state index in [2.05, 4.69) is 15.5 Å². The SMILES string of the molecule is CC(C)(C)C(=O)NC(=S)Nc1ccc(N2CCN(C(=O)c3cc4ccccc4o3)CC2)cc1. The summed E-state index contributed by atoms with van der Waals surface area (Å²) in [6.45, 7) is 8.23. The predicted octanol–water partition coefficient (Wildman–Crippen LogP) is 4.25. The smallest absolute Gasteiger partial charge is 0.289 e. The number of fused-ring (bicyclic) bond motifs is 1. The van der Waals surface area contributed by atoms with Crippen LogP contribution in [0, 0.1) is 5.41 Å². The molecule has 4 rings (SSSR count). The number of carbonyl (C=O) groups is 2. The van der Waals surface area contributed by atoms with Crippen molar-refractivity contribution in [2.24, 2.45) is 5.41 Å². The van der Waals surface area contributed by atoms with Crippen molar-refractivity contribution in [3.8, 4) is 0 Å². The number of benzene rings is 2. The Labute approximate surface area is 198 Å². The number of anilines is 2. The van der Waals surface area contributed by atoms with Crippen LogP contribution < -0.4 is 15.5 Å². The summed E-state index contributed by atoms with van der Waals surface area (Å²) in [7, 11) is 0. The van der Waals surface area contributed by atoms with Crippen molar-refractivity contribution >= 4 is 51.5 Å². The summed E-state index contributed by atoms with van der Waals surface area (Å²) in [4.78, 5) is 29.0. The van der Waals surface area contributed by atoms with Crippen LogP contribution in [0.25, 0.3) is 11.0 Å². The fraction of sp³-hybridized carbons (Fsp3) is 0.320. The maximum absolute atomic E-state index is 12.9. The zero-order chi connectivity index (χ0) is 23.6. The van der Waals surface area contributed by atoms with Crippen molar-refractivity contribution in [3.63, 3.8) is 0 Å². The number of carbonyl (C=O) groups excluding carboxylic acids is 2. The maximum atomic E-state index is 12.9. The molecule has 0 aliphatic carbocycles. The van der Waals surface area contributed by atoms with Gasteiger partial charge in [0.25, 0.3) is 5.91 Å². The van der Waals surface area contributed by atoms with Crippen LogP contribution in [0.5, 0.6) is 0 Å². The molecule has 1 aromatic heterocycles. The highest BCUT2D eigenvalue weighted by Gasteiger charge is 2.25. The van der Waals surface area contributed by atoms with Crippen LogP contribution in [0.2, 0.25) is 0 Å². The van der Waals surface area contributed by atoms with E-state index in [-0.39, 0.29) is 16.9 Å². The number of thiocarbonyl (C=S) groups is 1. The lowest BCUT2D eigenvalue weighted by Crippen LogP contribution is -2.48. The molecule has 2 N–H and O–H groups in total. The Morgan fingerprint density at radius 2 is 1.64 bits per heavy atom. The number of nitrogens with zero attached hydrogens (tertiary/aromatic N) is 2. The molecule has 1 aliphatic rings. The molecule has 1 fully saturated rings. The molecule has 2 aromatic carbocycles. The Hall–Kier alpha value is -3.39. The molecule has 0 saturated carbocycles. The number of amides is 2. The second-order valence-corrected chi connectivity index (χ2v) is 9.54. The standard InChI is InChI=1S/C25H28N4O3S/c1-25(2,3)23(31)27-24(33)26-18-8-10-19(11-9-18)28-12-14-29(15-13-28)22(30)21-16-17-6-4-5-7-20(17)32-21/h4-11,16H,12-15H2,1-3H3,(H2,26,27,31,33). The number of para-hydroxylation sites is 1. The first-order valence-electron chi connectivity index (χ1n) is 11.0. The second-order valence-electron chi connectivity index (χ2n) is 9.13. The minimum Gasteiger partial charge on any atom is -0.451 e. The van der Waals surface area contributed by atoms with E-state index in [0.29, 0.717) is 18.8 Å². The van der Waals surface area contributed by atoms with Gasteiger partial charge in [0.05, 0.1) is 0 Å². The van der Waals surface area contributed by atoms with E-state index < -0.39 is 5.41 Å². The minimum absolute atomic E-state index is 0.0729. The number of hydrogen-bond donors (Lipinski definition) is 2. The molecule has 33 heavy (non-hydrogen) atoms. The molecule has 172 valence electrons. The number of piperazine rings is 1. The van der Waals surface area contributed by atoms with Crippen molar-refractivity contribution < 1.29 is 14.0 Å². The average Bonchev–Trinajstić information content (AvgIpc) is 3.23. The quantitative estimate of drug-likeness (QED) is 0.564. The number of hydrogen-bond acceptors (Lipinski definition) is 5. The van der Waals surface area contributed by atoms with Gasteiger partial charge in [0.2, 0.25) is 5.91 Å². The third kappa shape index (κ3) is 5.34. The Morgan fingerprint density at radius 1 is 0.970 bits per heavy atom. The zero-order valence-corrected chi connectivity index (χ0v) is 19.9. The van der Waals surface area contributed by atoms with Crippen molar-refractivity contribution in [1.82, 2.24) is 10.2 Å². The molecule has 0 spiro atoms. The highest BCUT2D eigenvalue weighted by atomic mass is 32.1. The fourth-order valence-corrected chi connectivity index (χ4v) is 3.83. The van der Waals surface area contributed by atoms with Gasteiger partial charge in [0, 0.05) is 48.4 Å². The van der Waals surface area contributed by atoms with Crippen LogP contribution in [0.3, 0.4) is 0 Å². The van der Waals surface area contributed by atoms with E-state index in [4.69, 9.17) is 16.6 Å². The predicted molar refractivity (Wildman–Crippen MR) is 135 cm³/mol. The van der Waals surface area contributed by atoms with Crippen LogP contribution in [0.4, 0.5) is 11.4 Å². The number of rotatable bonds is 3. The summed E-state index contributed by atoms with van der Waals surface area (Å²) in [6, 6.07) is 17.3. The molecule has 0 atom stereocenters. The van der Waals surface area contributed by atoms with Crippen LogP contribution in [0.15, 0.2) is 59.0 Å². The fourth-order valence-electron chi connectivity index (χ4n) is 3.62. The maximum Gasteiger partial charge on any atom is 0.289 e. The normalized spacial score (nSPS) is 14.3. The molecule has 1 aliphatic heterocycles. The van der Waals surface area contributed by atoms with Gasteiger partial charge in [0.15, 0.2) is 10.9 Å². The Balaban J connectivity index is 1.31. The highest BCUT2D eigenvalue weighted by Crippen LogP contribution is 2.23. The molecule has 1 saturated heterocycles. The van der Waals surface area contributed by atoms with Gasteiger partial charge in [-0.1, -0.05) is 39.0 Å². The highest BCUT2D eigenvalue weighted by molar-refractivity contribution is 7.80. The first-order chi connectivity index (χ1) is 15.7. The van der Waals surface area contributed by atoms with Gasteiger partial charge in [0.1, 0.15) is 5.58 Å². The number of nitrogens with one attached hydrogen (secondary N) is 2. The summed E-state index contributed by atoms with van der Waals surface area (Å²) in [5, 5.41) is 6.97. The second kappa shape index (κ2) is 9.23. The first kappa shape index (κ1) is 22.8. The Morgan fingerprint density at radius 3 is 2.27 bits per heavy atom. The Bertz CT molecular complexity index is 1140. The number of furan rings is 1. The van der Waals surface area contributed by atoms with Gasteiger partial charge >= 0.3 is 0 Å². The van der Waals surface area contributed by atoms with Gasteiger partial charge in [-0.2, -0.15) is 0 Å². The summed E-state index contributed by atoms with van der Waals surface area (Å²) in [5.41, 5.74) is 2.09. The first-order valence-corrected chi connectivity index (χ1v) is 11.4. The van der Waals surface area contributed by atoms with Gasteiger partial charge < -0.3 is 24.9 Å². The van der Waals surface area contributed by atoms with Gasteiger partial charge in [-0.05, 0) is 48.6 Å². The molecule has 0 radical (unpaired) electrons. The van der Waals surface area contributed by atoms with Crippen molar-refractivity contribution in [2.45, 2.75) is 20.8 Å². The Kier molecular flexibility index (Phi) is 6.37. The van der Waals surface area contributed by atoms with Crippen molar-refractivity contribution in [3.05, 3.63) is 60.4 Å². The molecule has 0 unspecified atom stereocenters. The van der Waals surface area contributed by atoms with E-state index in [1.807, 2.05) is 80.3 Å². The summed E-state index contributed by atoms with van der Waals surface area (Å²) >= 11 is 5.24. The van der Waals surface area contributed by atoms with E-state index in [1.165, 1.54) is 0 Å². The summed E-state index contributed by atoms with van der Waals surface area (Å²) in [6.07, 6.45) is 0. The average molecular weight is 465 g/mol. The molecular weight excluding hydrogens is 436 g/mol. The lowest BCUT2D eigenvalue weighted by molar-refractivity contribution is -0.126. The summed E-state index contributed by atoms with van der Waals surface area (Å²) in [5.74, 6) is 0.178. The van der Waals surface area contributed by atoms with Crippen molar-refractivity contribution in [1.29, 1.82) is 0 Å². The van der Waals surface area contributed by atoms with Crippen LogP contribution in [-0.4, -0.2) is 48.0 Å². The van der Waals surface area contributed by atoms with Gasteiger partial charge in [-0.15, -0.1) is 0 Å². The molecule has 2 amide bonds. The molecule has 8 heteroatoms. The van der Waals surface area contributed by atoms with Crippen LogP contribution in [-0.2, 0) is 4.79 Å². The molecule has 2 heterocycles.